The number of rotatable bonds is 7. The number of carboxylic acids is 1. The SMILES string of the molecule is C[C@H](CC(=O)N(C)CC(=O)O)NC(=O)OCC1c2ccccc2-c2ccccc21. The number of carboxylic acid groups (broad SMARTS) is 1. The molecule has 1 atom stereocenters. The molecule has 1 aliphatic rings. The second kappa shape index (κ2) is 8.77. The van der Waals surface area contributed by atoms with Crippen molar-refractivity contribution < 1.29 is 24.2 Å². The Hall–Kier alpha value is -3.35. The quantitative estimate of drug-likeness (QED) is 0.750. The Balaban J connectivity index is 1.56. The number of aliphatic carboxylic acids is 1. The topological polar surface area (TPSA) is 95.9 Å². The lowest BCUT2D eigenvalue weighted by molar-refractivity contribution is -0.143. The van der Waals surface area contributed by atoms with Gasteiger partial charge in [-0.15, -0.1) is 0 Å². The van der Waals surface area contributed by atoms with Gasteiger partial charge in [-0.05, 0) is 29.2 Å². The van der Waals surface area contributed by atoms with Crippen molar-refractivity contribution in [3.05, 3.63) is 59.7 Å². The summed E-state index contributed by atoms with van der Waals surface area (Å²) in [5, 5.41) is 11.4. The number of benzene rings is 2. The van der Waals surface area contributed by atoms with Gasteiger partial charge in [0.2, 0.25) is 5.91 Å². The summed E-state index contributed by atoms with van der Waals surface area (Å²) in [5.41, 5.74) is 4.55. The van der Waals surface area contributed by atoms with Crippen LogP contribution in [0.5, 0.6) is 0 Å². The van der Waals surface area contributed by atoms with Crippen LogP contribution >= 0.6 is 0 Å². The molecule has 7 nitrogen and oxygen atoms in total. The number of hydrogen-bond donors (Lipinski definition) is 2. The van der Waals surface area contributed by atoms with Crippen molar-refractivity contribution in [1.29, 1.82) is 0 Å². The number of carbonyl (C=O) groups is 3. The number of alkyl carbamates (subject to hydrolysis) is 1. The fraction of sp³-hybridized carbons (Fsp3) is 0.318. The van der Waals surface area contributed by atoms with E-state index in [0.717, 1.165) is 27.2 Å². The maximum atomic E-state index is 12.2. The zero-order chi connectivity index (χ0) is 21.0. The Bertz CT molecular complexity index is 881. The largest absolute Gasteiger partial charge is 0.480 e. The van der Waals surface area contributed by atoms with E-state index >= 15 is 0 Å². The molecule has 0 aromatic heterocycles. The van der Waals surface area contributed by atoms with E-state index in [1.165, 1.54) is 7.05 Å². The van der Waals surface area contributed by atoms with Crippen LogP contribution in [0.4, 0.5) is 4.79 Å². The van der Waals surface area contributed by atoms with E-state index in [4.69, 9.17) is 9.84 Å². The molecule has 0 heterocycles. The molecule has 0 saturated carbocycles. The summed E-state index contributed by atoms with van der Waals surface area (Å²) in [4.78, 5) is 36.0. The van der Waals surface area contributed by atoms with Crippen LogP contribution in [0.3, 0.4) is 0 Å². The van der Waals surface area contributed by atoms with Crippen molar-refractivity contribution in [3.8, 4) is 11.1 Å². The molecular formula is C22H24N2O5. The molecule has 0 bridgehead atoms. The van der Waals surface area contributed by atoms with Crippen molar-refractivity contribution >= 4 is 18.0 Å². The first kappa shape index (κ1) is 20.4. The predicted octanol–water partition coefficient (Wildman–Crippen LogP) is 2.85. The highest BCUT2D eigenvalue weighted by atomic mass is 16.5. The van der Waals surface area contributed by atoms with E-state index < -0.39 is 18.1 Å². The number of hydrogen-bond acceptors (Lipinski definition) is 4. The second-order valence-electron chi connectivity index (χ2n) is 7.22. The molecule has 152 valence electrons. The summed E-state index contributed by atoms with van der Waals surface area (Å²) in [6.45, 7) is 1.49. The third-order valence-corrected chi connectivity index (χ3v) is 4.99. The average Bonchev–Trinajstić information content (AvgIpc) is 2.99. The number of nitrogens with zero attached hydrogens (tertiary/aromatic N) is 1. The summed E-state index contributed by atoms with van der Waals surface area (Å²) in [7, 11) is 1.41. The normalized spacial score (nSPS) is 13.2. The first-order valence-corrected chi connectivity index (χ1v) is 9.44. The van der Waals surface area contributed by atoms with Gasteiger partial charge in [0.25, 0.3) is 0 Å². The minimum absolute atomic E-state index is 0.00598. The minimum Gasteiger partial charge on any atom is -0.480 e. The summed E-state index contributed by atoms with van der Waals surface area (Å²) >= 11 is 0. The van der Waals surface area contributed by atoms with Crippen LogP contribution in [-0.4, -0.2) is 54.2 Å². The van der Waals surface area contributed by atoms with Crippen molar-refractivity contribution in [3.63, 3.8) is 0 Å². The molecule has 0 spiro atoms. The standard InChI is InChI=1S/C22H24N2O5/c1-14(11-20(25)24(2)12-21(26)27)23-22(28)29-13-19-17-9-5-3-7-15(17)16-8-4-6-10-18(16)19/h3-10,14,19H,11-13H2,1-2H3,(H,23,28)(H,26,27)/t14-/m1/s1. The molecule has 2 N–H and O–H groups in total. The zero-order valence-electron chi connectivity index (χ0n) is 16.4. The van der Waals surface area contributed by atoms with Gasteiger partial charge in [-0.1, -0.05) is 48.5 Å². The monoisotopic (exact) mass is 396 g/mol. The van der Waals surface area contributed by atoms with E-state index in [1.54, 1.807) is 6.92 Å². The fourth-order valence-corrected chi connectivity index (χ4v) is 3.60. The number of amides is 2. The van der Waals surface area contributed by atoms with Crippen molar-refractivity contribution in [2.45, 2.75) is 25.3 Å². The van der Waals surface area contributed by atoms with E-state index in [-0.39, 0.29) is 31.4 Å². The van der Waals surface area contributed by atoms with Gasteiger partial charge in [0.15, 0.2) is 0 Å². The number of nitrogens with one attached hydrogen (secondary N) is 1. The molecule has 3 rings (SSSR count). The highest BCUT2D eigenvalue weighted by molar-refractivity contribution is 5.82. The smallest absolute Gasteiger partial charge is 0.407 e. The van der Waals surface area contributed by atoms with Crippen LogP contribution < -0.4 is 5.32 Å². The Morgan fingerprint density at radius 2 is 1.62 bits per heavy atom. The van der Waals surface area contributed by atoms with Gasteiger partial charge < -0.3 is 20.1 Å². The lowest BCUT2D eigenvalue weighted by atomic mass is 9.98. The average molecular weight is 396 g/mol. The lowest BCUT2D eigenvalue weighted by Crippen LogP contribution is -2.40. The van der Waals surface area contributed by atoms with Crippen LogP contribution in [0.15, 0.2) is 48.5 Å². The summed E-state index contributed by atoms with van der Waals surface area (Å²) in [6, 6.07) is 15.7. The van der Waals surface area contributed by atoms with E-state index in [1.807, 2.05) is 36.4 Å². The summed E-state index contributed by atoms with van der Waals surface area (Å²) in [6.07, 6.45) is -0.610. The third-order valence-electron chi connectivity index (χ3n) is 4.99. The van der Waals surface area contributed by atoms with Gasteiger partial charge in [0.05, 0.1) is 0 Å². The maximum absolute atomic E-state index is 12.2. The fourth-order valence-electron chi connectivity index (χ4n) is 3.60. The van der Waals surface area contributed by atoms with Crippen LogP contribution in [0.25, 0.3) is 11.1 Å². The Kier molecular flexibility index (Phi) is 6.16. The highest BCUT2D eigenvalue weighted by Gasteiger charge is 2.29. The number of fused-ring (bicyclic) bond motifs is 3. The molecule has 7 heteroatoms. The lowest BCUT2D eigenvalue weighted by Gasteiger charge is -2.19. The molecule has 0 radical (unpaired) electrons. The molecule has 2 aromatic rings. The van der Waals surface area contributed by atoms with Gasteiger partial charge in [0, 0.05) is 25.4 Å². The molecular weight excluding hydrogens is 372 g/mol. The molecule has 0 aliphatic heterocycles. The molecule has 0 saturated heterocycles. The Labute approximate surface area is 169 Å². The van der Waals surface area contributed by atoms with Crippen LogP contribution in [0.2, 0.25) is 0 Å². The van der Waals surface area contributed by atoms with Gasteiger partial charge in [0.1, 0.15) is 13.2 Å². The molecule has 0 unspecified atom stereocenters. The second-order valence-corrected chi connectivity index (χ2v) is 7.22. The first-order chi connectivity index (χ1) is 13.9. The summed E-state index contributed by atoms with van der Waals surface area (Å²) < 4.78 is 5.45. The van der Waals surface area contributed by atoms with Crippen molar-refractivity contribution in [2.75, 3.05) is 20.2 Å². The van der Waals surface area contributed by atoms with E-state index in [0.29, 0.717) is 0 Å². The molecule has 2 aromatic carbocycles. The van der Waals surface area contributed by atoms with Crippen LogP contribution in [0, 0.1) is 0 Å². The van der Waals surface area contributed by atoms with Crippen LogP contribution in [0.1, 0.15) is 30.4 Å². The van der Waals surface area contributed by atoms with E-state index in [2.05, 4.69) is 17.4 Å². The third kappa shape index (κ3) is 4.74. The van der Waals surface area contributed by atoms with Gasteiger partial charge in [-0.3, -0.25) is 9.59 Å². The predicted molar refractivity (Wildman–Crippen MR) is 108 cm³/mol. The van der Waals surface area contributed by atoms with Gasteiger partial charge >= 0.3 is 12.1 Å². The number of likely N-dealkylation sites (N-methyl/N-ethyl adjacent to an activating group) is 1. The van der Waals surface area contributed by atoms with Crippen molar-refractivity contribution in [1.82, 2.24) is 10.2 Å². The summed E-state index contributed by atoms with van der Waals surface area (Å²) in [5.74, 6) is -1.48. The first-order valence-electron chi connectivity index (χ1n) is 9.44. The number of ether oxygens (including phenoxy) is 1. The number of carbonyl (C=O) groups excluding carboxylic acids is 2. The minimum atomic E-state index is -1.09. The Morgan fingerprint density at radius 3 is 2.17 bits per heavy atom. The van der Waals surface area contributed by atoms with Gasteiger partial charge in [-0.2, -0.15) is 0 Å². The van der Waals surface area contributed by atoms with Crippen molar-refractivity contribution in [2.24, 2.45) is 0 Å². The molecule has 0 fully saturated rings. The Morgan fingerprint density at radius 1 is 1.07 bits per heavy atom. The molecule has 1 aliphatic carbocycles. The highest BCUT2D eigenvalue weighted by Crippen LogP contribution is 2.44. The van der Waals surface area contributed by atoms with Gasteiger partial charge in [-0.25, -0.2) is 4.79 Å². The molecule has 29 heavy (non-hydrogen) atoms. The zero-order valence-corrected chi connectivity index (χ0v) is 16.4. The molecule has 2 amide bonds. The van der Waals surface area contributed by atoms with Crippen LogP contribution in [-0.2, 0) is 14.3 Å². The maximum Gasteiger partial charge on any atom is 0.407 e. The van der Waals surface area contributed by atoms with E-state index in [9.17, 15) is 14.4 Å².